The summed E-state index contributed by atoms with van der Waals surface area (Å²) in [6, 6.07) is 12.5. The summed E-state index contributed by atoms with van der Waals surface area (Å²) in [7, 11) is 0. The minimum absolute atomic E-state index is 0.0895. The standard InChI is InChI=1S/C17H14ClN3O2/c1-11-6-7-12(18)8-14(11)20-16(22)10-21-15-5-3-2-4-13(15)19-9-17(21)23/h2-9H,10H2,1H3,(H,20,22). The van der Waals surface area contributed by atoms with Crippen LogP contribution >= 0.6 is 11.6 Å². The summed E-state index contributed by atoms with van der Waals surface area (Å²) < 4.78 is 1.40. The summed E-state index contributed by atoms with van der Waals surface area (Å²) in [5.41, 5.74) is 2.50. The zero-order chi connectivity index (χ0) is 16.4. The number of amides is 1. The lowest BCUT2D eigenvalue weighted by molar-refractivity contribution is -0.116. The molecule has 1 aromatic heterocycles. The van der Waals surface area contributed by atoms with Crippen LogP contribution in [0.3, 0.4) is 0 Å². The maximum Gasteiger partial charge on any atom is 0.269 e. The van der Waals surface area contributed by atoms with Crippen molar-refractivity contribution < 1.29 is 4.79 Å². The number of hydrogen-bond donors (Lipinski definition) is 1. The van der Waals surface area contributed by atoms with Gasteiger partial charge in [0, 0.05) is 10.7 Å². The van der Waals surface area contributed by atoms with Gasteiger partial charge in [-0.15, -0.1) is 0 Å². The number of fused-ring (bicyclic) bond motifs is 1. The third-order valence-corrected chi connectivity index (χ3v) is 3.76. The van der Waals surface area contributed by atoms with E-state index >= 15 is 0 Å². The average molecular weight is 328 g/mol. The fraction of sp³-hybridized carbons (Fsp3) is 0.118. The van der Waals surface area contributed by atoms with Gasteiger partial charge >= 0.3 is 0 Å². The molecule has 0 aliphatic heterocycles. The smallest absolute Gasteiger partial charge is 0.269 e. The molecule has 3 rings (SSSR count). The van der Waals surface area contributed by atoms with Crippen molar-refractivity contribution >= 4 is 34.2 Å². The monoisotopic (exact) mass is 327 g/mol. The van der Waals surface area contributed by atoms with Gasteiger partial charge < -0.3 is 5.32 Å². The molecule has 0 spiro atoms. The van der Waals surface area contributed by atoms with E-state index in [4.69, 9.17) is 11.6 Å². The molecule has 5 nitrogen and oxygen atoms in total. The molecule has 0 saturated heterocycles. The molecule has 0 radical (unpaired) electrons. The Kier molecular flexibility index (Phi) is 4.12. The summed E-state index contributed by atoms with van der Waals surface area (Å²) in [6.07, 6.45) is 1.22. The van der Waals surface area contributed by atoms with Crippen LogP contribution in [-0.4, -0.2) is 15.5 Å². The highest BCUT2D eigenvalue weighted by Gasteiger charge is 2.10. The number of carbonyl (C=O) groups is 1. The van der Waals surface area contributed by atoms with E-state index in [2.05, 4.69) is 10.3 Å². The maximum absolute atomic E-state index is 12.3. The number of nitrogens with zero attached hydrogens (tertiary/aromatic N) is 2. The van der Waals surface area contributed by atoms with Crippen LogP contribution in [0.2, 0.25) is 5.02 Å². The number of nitrogens with one attached hydrogen (secondary N) is 1. The highest BCUT2D eigenvalue weighted by molar-refractivity contribution is 6.31. The van der Waals surface area contributed by atoms with Gasteiger partial charge in [-0.3, -0.25) is 14.2 Å². The number of anilines is 1. The van der Waals surface area contributed by atoms with Gasteiger partial charge in [-0.25, -0.2) is 4.98 Å². The van der Waals surface area contributed by atoms with E-state index in [1.165, 1.54) is 10.8 Å². The Bertz CT molecular complexity index is 950. The second-order valence-corrected chi connectivity index (χ2v) is 5.62. The number of benzene rings is 2. The van der Waals surface area contributed by atoms with Crippen LogP contribution in [0, 0.1) is 6.92 Å². The molecule has 2 aromatic carbocycles. The summed E-state index contributed by atoms with van der Waals surface area (Å²) in [5, 5.41) is 3.33. The quantitative estimate of drug-likeness (QED) is 0.804. The van der Waals surface area contributed by atoms with Gasteiger partial charge in [-0.1, -0.05) is 29.8 Å². The molecule has 1 heterocycles. The van der Waals surface area contributed by atoms with Crippen molar-refractivity contribution in [1.82, 2.24) is 9.55 Å². The number of halogens is 1. The highest BCUT2D eigenvalue weighted by atomic mass is 35.5. The molecule has 0 saturated carbocycles. The van der Waals surface area contributed by atoms with Crippen molar-refractivity contribution in [2.45, 2.75) is 13.5 Å². The summed E-state index contributed by atoms with van der Waals surface area (Å²) in [5.74, 6) is -0.297. The van der Waals surface area contributed by atoms with Crippen molar-refractivity contribution in [1.29, 1.82) is 0 Å². The van der Waals surface area contributed by atoms with Crippen molar-refractivity contribution in [2.24, 2.45) is 0 Å². The molecule has 1 N–H and O–H groups in total. The molecule has 0 fully saturated rings. The number of carbonyl (C=O) groups excluding carboxylic acids is 1. The lowest BCUT2D eigenvalue weighted by atomic mass is 10.2. The van der Waals surface area contributed by atoms with Crippen molar-refractivity contribution in [3.63, 3.8) is 0 Å². The Morgan fingerprint density at radius 1 is 1.26 bits per heavy atom. The van der Waals surface area contributed by atoms with E-state index in [1.54, 1.807) is 30.3 Å². The molecule has 0 unspecified atom stereocenters. The Balaban J connectivity index is 1.90. The zero-order valence-electron chi connectivity index (χ0n) is 12.4. The van der Waals surface area contributed by atoms with E-state index in [0.29, 0.717) is 21.7 Å². The summed E-state index contributed by atoms with van der Waals surface area (Å²) in [4.78, 5) is 28.4. The first kappa shape index (κ1) is 15.2. The molecule has 0 atom stereocenters. The Morgan fingerprint density at radius 2 is 2.04 bits per heavy atom. The van der Waals surface area contributed by atoms with E-state index in [1.807, 2.05) is 19.1 Å². The molecule has 1 amide bonds. The minimum atomic E-state index is -0.318. The van der Waals surface area contributed by atoms with Crippen LogP contribution in [0.15, 0.2) is 53.5 Å². The van der Waals surface area contributed by atoms with Crippen LogP contribution in [0.1, 0.15) is 5.56 Å². The first-order valence-electron chi connectivity index (χ1n) is 7.05. The van der Waals surface area contributed by atoms with Gasteiger partial charge in [-0.2, -0.15) is 0 Å². The van der Waals surface area contributed by atoms with Gasteiger partial charge in [0.2, 0.25) is 5.91 Å². The number of rotatable bonds is 3. The SMILES string of the molecule is Cc1ccc(Cl)cc1NC(=O)Cn1c(=O)cnc2ccccc21. The Hall–Kier alpha value is -2.66. The van der Waals surface area contributed by atoms with Crippen LogP contribution in [-0.2, 0) is 11.3 Å². The van der Waals surface area contributed by atoms with Crippen LogP contribution < -0.4 is 10.9 Å². The van der Waals surface area contributed by atoms with Crippen LogP contribution in [0.25, 0.3) is 11.0 Å². The molecule has 116 valence electrons. The van der Waals surface area contributed by atoms with Crippen molar-refractivity contribution in [3.8, 4) is 0 Å². The van der Waals surface area contributed by atoms with Gasteiger partial charge in [-0.05, 0) is 36.8 Å². The van der Waals surface area contributed by atoms with E-state index < -0.39 is 0 Å². The molecular formula is C17H14ClN3O2. The second kappa shape index (κ2) is 6.22. The van der Waals surface area contributed by atoms with E-state index in [0.717, 1.165) is 5.56 Å². The molecule has 3 aromatic rings. The van der Waals surface area contributed by atoms with E-state index in [-0.39, 0.29) is 18.0 Å². The second-order valence-electron chi connectivity index (χ2n) is 5.18. The lowest BCUT2D eigenvalue weighted by Gasteiger charge is -2.11. The lowest BCUT2D eigenvalue weighted by Crippen LogP contribution is -2.28. The van der Waals surface area contributed by atoms with Crippen molar-refractivity contribution in [3.05, 3.63) is 69.6 Å². The average Bonchev–Trinajstić information content (AvgIpc) is 2.54. The molecule has 23 heavy (non-hydrogen) atoms. The normalized spacial score (nSPS) is 10.7. The predicted octanol–water partition coefficient (Wildman–Crippen LogP) is 3.00. The first-order valence-corrected chi connectivity index (χ1v) is 7.43. The topological polar surface area (TPSA) is 64.0 Å². The predicted molar refractivity (Wildman–Crippen MR) is 90.8 cm³/mol. The minimum Gasteiger partial charge on any atom is -0.324 e. The summed E-state index contributed by atoms with van der Waals surface area (Å²) in [6.45, 7) is 1.79. The highest BCUT2D eigenvalue weighted by Crippen LogP contribution is 2.20. The fourth-order valence-electron chi connectivity index (χ4n) is 2.34. The van der Waals surface area contributed by atoms with Crippen LogP contribution in [0.4, 0.5) is 5.69 Å². The van der Waals surface area contributed by atoms with Gasteiger partial charge in [0.15, 0.2) is 0 Å². The number of para-hydroxylation sites is 2. The molecule has 6 heteroatoms. The number of aromatic nitrogens is 2. The largest absolute Gasteiger partial charge is 0.324 e. The molecule has 0 aliphatic rings. The van der Waals surface area contributed by atoms with E-state index in [9.17, 15) is 9.59 Å². The van der Waals surface area contributed by atoms with Gasteiger partial charge in [0.25, 0.3) is 5.56 Å². The zero-order valence-corrected chi connectivity index (χ0v) is 13.2. The fourth-order valence-corrected chi connectivity index (χ4v) is 2.51. The Morgan fingerprint density at radius 3 is 2.87 bits per heavy atom. The third-order valence-electron chi connectivity index (χ3n) is 3.53. The Labute approximate surface area is 137 Å². The molecular weight excluding hydrogens is 314 g/mol. The first-order chi connectivity index (χ1) is 11.0. The molecule has 0 aliphatic carbocycles. The summed E-state index contributed by atoms with van der Waals surface area (Å²) >= 11 is 5.95. The van der Waals surface area contributed by atoms with Crippen LogP contribution in [0.5, 0.6) is 0 Å². The number of aryl methyl sites for hydroxylation is 1. The number of hydrogen-bond acceptors (Lipinski definition) is 3. The van der Waals surface area contributed by atoms with Crippen molar-refractivity contribution in [2.75, 3.05) is 5.32 Å². The van der Waals surface area contributed by atoms with Gasteiger partial charge in [0.1, 0.15) is 6.54 Å². The third kappa shape index (κ3) is 3.24. The molecule has 0 bridgehead atoms. The van der Waals surface area contributed by atoms with Gasteiger partial charge in [0.05, 0.1) is 17.2 Å². The maximum atomic E-state index is 12.3.